The van der Waals surface area contributed by atoms with Crippen LogP contribution in [-0.4, -0.2) is 76.3 Å². The average Bonchev–Trinajstić information content (AvgIpc) is 2.82. The predicted molar refractivity (Wildman–Crippen MR) is 140 cm³/mol. The normalized spacial score (nSPS) is 18.2. The SMILES string of the molecule is CSCCC(NC(=O)C1Cc2ccccc2CN1C(=O)[C@H](CC(C)C)NCC(N)CS)C(=O)O. The van der Waals surface area contributed by atoms with E-state index in [0.29, 0.717) is 43.9 Å². The summed E-state index contributed by atoms with van der Waals surface area (Å²) in [5.74, 6) is -0.335. The van der Waals surface area contributed by atoms with Gasteiger partial charge in [0, 0.05) is 31.3 Å². The Morgan fingerprint density at radius 2 is 1.91 bits per heavy atom. The number of aliphatic carboxylic acids is 1. The molecule has 0 spiro atoms. The minimum absolute atomic E-state index is 0.175. The zero-order valence-corrected chi connectivity index (χ0v) is 21.9. The van der Waals surface area contributed by atoms with E-state index in [0.717, 1.165) is 11.1 Å². The van der Waals surface area contributed by atoms with Crippen LogP contribution >= 0.6 is 24.4 Å². The van der Waals surface area contributed by atoms with Gasteiger partial charge in [0.2, 0.25) is 11.8 Å². The monoisotopic (exact) mass is 510 g/mol. The molecule has 5 N–H and O–H groups in total. The van der Waals surface area contributed by atoms with Gasteiger partial charge in [0.25, 0.3) is 0 Å². The molecule has 1 aromatic rings. The fourth-order valence-electron chi connectivity index (χ4n) is 4.05. The number of rotatable bonds is 13. The van der Waals surface area contributed by atoms with Crippen LogP contribution in [0, 0.1) is 5.92 Å². The topological polar surface area (TPSA) is 125 Å². The number of benzene rings is 1. The second-order valence-electron chi connectivity index (χ2n) is 9.17. The van der Waals surface area contributed by atoms with Crippen LogP contribution in [0.3, 0.4) is 0 Å². The van der Waals surface area contributed by atoms with Crippen LogP contribution in [0.15, 0.2) is 24.3 Å². The van der Waals surface area contributed by atoms with Crippen molar-refractivity contribution in [1.82, 2.24) is 15.5 Å². The van der Waals surface area contributed by atoms with Crippen LogP contribution in [0.25, 0.3) is 0 Å². The Hall–Kier alpha value is -1.75. The van der Waals surface area contributed by atoms with E-state index < -0.39 is 30.0 Å². The number of thiol groups is 1. The molecule has 0 fully saturated rings. The minimum Gasteiger partial charge on any atom is -0.480 e. The maximum atomic E-state index is 13.8. The average molecular weight is 511 g/mol. The molecule has 8 nitrogen and oxygen atoms in total. The van der Waals surface area contributed by atoms with Gasteiger partial charge in [-0.15, -0.1) is 0 Å². The molecular formula is C24H38N4O4S2. The van der Waals surface area contributed by atoms with E-state index in [9.17, 15) is 19.5 Å². The smallest absolute Gasteiger partial charge is 0.326 e. The number of nitrogens with two attached hydrogens (primary N) is 1. The zero-order chi connectivity index (χ0) is 25.3. The van der Waals surface area contributed by atoms with Crippen LogP contribution in [0.4, 0.5) is 0 Å². The molecule has 1 aliphatic rings. The summed E-state index contributed by atoms with van der Waals surface area (Å²) in [5.41, 5.74) is 7.99. The summed E-state index contributed by atoms with van der Waals surface area (Å²) in [7, 11) is 0. The predicted octanol–water partition coefficient (Wildman–Crippen LogP) is 1.52. The van der Waals surface area contributed by atoms with Gasteiger partial charge in [-0.3, -0.25) is 9.59 Å². The molecule has 1 aromatic carbocycles. The Kier molecular flexibility index (Phi) is 11.7. The highest BCUT2D eigenvalue weighted by Gasteiger charge is 2.38. The molecule has 0 saturated heterocycles. The van der Waals surface area contributed by atoms with Gasteiger partial charge in [-0.25, -0.2) is 4.79 Å². The zero-order valence-electron chi connectivity index (χ0n) is 20.2. The van der Waals surface area contributed by atoms with E-state index in [2.05, 4.69) is 23.3 Å². The molecule has 1 aliphatic heterocycles. The number of nitrogens with one attached hydrogen (secondary N) is 2. The first-order valence-corrected chi connectivity index (χ1v) is 13.7. The van der Waals surface area contributed by atoms with Crippen molar-refractivity contribution in [2.75, 3.05) is 24.3 Å². The Labute approximate surface area is 212 Å². The molecule has 10 heteroatoms. The van der Waals surface area contributed by atoms with E-state index in [4.69, 9.17) is 5.73 Å². The highest BCUT2D eigenvalue weighted by molar-refractivity contribution is 7.98. The molecule has 0 radical (unpaired) electrons. The number of fused-ring (bicyclic) bond motifs is 1. The van der Waals surface area contributed by atoms with Gasteiger partial charge in [-0.1, -0.05) is 38.1 Å². The van der Waals surface area contributed by atoms with Gasteiger partial charge in [-0.05, 0) is 41.9 Å². The summed E-state index contributed by atoms with van der Waals surface area (Å²) >= 11 is 5.75. The molecule has 34 heavy (non-hydrogen) atoms. The number of amides is 2. The number of carboxylic acid groups (broad SMARTS) is 1. The highest BCUT2D eigenvalue weighted by atomic mass is 32.2. The molecular weight excluding hydrogens is 472 g/mol. The van der Waals surface area contributed by atoms with Crippen molar-refractivity contribution in [3.63, 3.8) is 0 Å². The van der Waals surface area contributed by atoms with Crippen molar-refractivity contribution >= 4 is 42.2 Å². The summed E-state index contributed by atoms with van der Waals surface area (Å²) < 4.78 is 0. The highest BCUT2D eigenvalue weighted by Crippen LogP contribution is 2.25. The third-order valence-electron chi connectivity index (χ3n) is 5.93. The lowest BCUT2D eigenvalue weighted by Crippen LogP contribution is -2.59. The van der Waals surface area contributed by atoms with E-state index in [-0.39, 0.29) is 17.9 Å². The Balaban J connectivity index is 2.31. The number of nitrogens with zero attached hydrogens (tertiary/aromatic N) is 1. The molecule has 2 rings (SSSR count). The Morgan fingerprint density at radius 3 is 2.50 bits per heavy atom. The summed E-state index contributed by atoms with van der Waals surface area (Å²) in [6.07, 6.45) is 3.14. The first-order valence-electron chi connectivity index (χ1n) is 11.7. The third kappa shape index (κ3) is 8.18. The minimum atomic E-state index is -1.07. The molecule has 3 unspecified atom stereocenters. The molecule has 4 atom stereocenters. The molecule has 0 aromatic heterocycles. The number of hydrogen-bond donors (Lipinski definition) is 5. The molecule has 2 amide bonds. The van der Waals surface area contributed by atoms with Crippen LogP contribution in [0.5, 0.6) is 0 Å². The van der Waals surface area contributed by atoms with Gasteiger partial charge < -0.3 is 26.4 Å². The van der Waals surface area contributed by atoms with Crippen LogP contribution < -0.4 is 16.4 Å². The van der Waals surface area contributed by atoms with Crippen molar-refractivity contribution in [3.8, 4) is 0 Å². The van der Waals surface area contributed by atoms with Crippen molar-refractivity contribution in [2.45, 2.75) is 63.8 Å². The molecule has 0 aliphatic carbocycles. The first-order chi connectivity index (χ1) is 16.2. The summed E-state index contributed by atoms with van der Waals surface area (Å²) in [6, 6.07) is 5.27. The van der Waals surface area contributed by atoms with E-state index in [1.807, 2.05) is 44.4 Å². The lowest BCUT2D eigenvalue weighted by Gasteiger charge is -2.39. The fourth-order valence-corrected chi connectivity index (χ4v) is 4.65. The summed E-state index contributed by atoms with van der Waals surface area (Å²) in [4.78, 5) is 40.4. The second kappa shape index (κ2) is 14.0. The van der Waals surface area contributed by atoms with E-state index >= 15 is 0 Å². The van der Waals surface area contributed by atoms with Gasteiger partial charge in [0.1, 0.15) is 12.1 Å². The van der Waals surface area contributed by atoms with Crippen LogP contribution in [0.2, 0.25) is 0 Å². The quantitative estimate of drug-likeness (QED) is 0.255. The van der Waals surface area contributed by atoms with Crippen molar-refractivity contribution in [2.24, 2.45) is 11.7 Å². The van der Waals surface area contributed by atoms with Gasteiger partial charge >= 0.3 is 5.97 Å². The number of carboxylic acids is 1. The van der Waals surface area contributed by atoms with Crippen molar-refractivity contribution < 1.29 is 19.5 Å². The van der Waals surface area contributed by atoms with E-state index in [1.54, 1.807) is 4.90 Å². The molecule has 190 valence electrons. The largest absolute Gasteiger partial charge is 0.480 e. The summed E-state index contributed by atoms with van der Waals surface area (Å²) in [6.45, 7) is 4.81. The van der Waals surface area contributed by atoms with Gasteiger partial charge in [0.05, 0.1) is 6.04 Å². The summed E-state index contributed by atoms with van der Waals surface area (Å²) in [5, 5.41) is 15.5. The number of hydrogen-bond acceptors (Lipinski definition) is 7. The maximum Gasteiger partial charge on any atom is 0.326 e. The maximum absolute atomic E-state index is 13.8. The van der Waals surface area contributed by atoms with Gasteiger partial charge in [0.15, 0.2) is 0 Å². The molecule has 0 saturated carbocycles. The lowest BCUT2D eigenvalue weighted by atomic mass is 9.91. The van der Waals surface area contributed by atoms with Crippen molar-refractivity contribution in [3.05, 3.63) is 35.4 Å². The molecule has 1 heterocycles. The van der Waals surface area contributed by atoms with Gasteiger partial charge in [-0.2, -0.15) is 24.4 Å². The number of thioether (sulfide) groups is 1. The van der Waals surface area contributed by atoms with E-state index in [1.165, 1.54) is 11.8 Å². The van der Waals surface area contributed by atoms with Crippen molar-refractivity contribution in [1.29, 1.82) is 0 Å². The van der Waals surface area contributed by atoms with Crippen LogP contribution in [0.1, 0.15) is 37.8 Å². The Morgan fingerprint density at radius 1 is 1.24 bits per heavy atom. The van der Waals surface area contributed by atoms with Crippen LogP contribution in [-0.2, 0) is 27.3 Å². The third-order valence-corrected chi connectivity index (χ3v) is 7.04. The number of carbonyl (C=O) groups excluding carboxylic acids is 2. The molecule has 0 bridgehead atoms. The first kappa shape index (κ1) is 28.5. The number of carbonyl (C=O) groups is 3. The Bertz CT molecular complexity index is 839. The standard InChI is InChI=1S/C24H38N4O4S2/c1-15(2)10-20(26-12-18(25)14-33)23(30)28-13-17-7-5-4-6-16(17)11-21(28)22(29)27-19(24(31)32)8-9-34-3/h4-7,15,18-21,26,33H,8-14,25H2,1-3H3,(H,27,29)(H,31,32)/t18?,19?,20-,21?/m0/s1. The lowest BCUT2D eigenvalue weighted by molar-refractivity contribution is -0.146. The fraction of sp³-hybridized carbons (Fsp3) is 0.625. The second-order valence-corrected chi connectivity index (χ2v) is 10.5.